The molecule has 1 amide bonds. The Kier molecular flexibility index (Phi) is 9.07. The minimum absolute atomic E-state index is 0.0583. The molecule has 0 fully saturated rings. The molecule has 0 aliphatic heterocycles. The highest BCUT2D eigenvalue weighted by molar-refractivity contribution is 5.76. The molecule has 3 N–H and O–H groups in total. The number of amides is 1. The van der Waals surface area contributed by atoms with Crippen molar-refractivity contribution in [2.75, 3.05) is 32.6 Å². The van der Waals surface area contributed by atoms with Crippen LogP contribution < -0.4 is 15.8 Å². The van der Waals surface area contributed by atoms with Crippen LogP contribution in [-0.2, 0) is 16.0 Å². The molecule has 22 heavy (non-hydrogen) atoms. The lowest BCUT2D eigenvalue weighted by Gasteiger charge is -2.08. The second-order valence-corrected chi connectivity index (χ2v) is 5.25. The Bertz CT molecular complexity index is 450. The van der Waals surface area contributed by atoms with Crippen molar-refractivity contribution >= 4 is 11.6 Å². The van der Waals surface area contributed by atoms with Crippen LogP contribution in [-0.4, -0.2) is 32.8 Å². The average molecular weight is 308 g/mol. The molecule has 1 rings (SSSR count). The molecule has 0 saturated carbocycles. The van der Waals surface area contributed by atoms with E-state index in [2.05, 4.69) is 12.2 Å². The zero-order chi connectivity index (χ0) is 16.2. The number of hydrogen-bond acceptors (Lipinski definition) is 4. The second kappa shape index (κ2) is 10.9. The van der Waals surface area contributed by atoms with Crippen molar-refractivity contribution in [3.8, 4) is 5.75 Å². The van der Waals surface area contributed by atoms with E-state index < -0.39 is 0 Å². The summed E-state index contributed by atoms with van der Waals surface area (Å²) < 4.78 is 10.6. The molecule has 5 nitrogen and oxygen atoms in total. The number of methoxy groups -OCH3 is 1. The predicted molar refractivity (Wildman–Crippen MR) is 89.1 cm³/mol. The lowest BCUT2D eigenvalue weighted by molar-refractivity contribution is -0.121. The lowest BCUT2D eigenvalue weighted by atomic mass is 10.1. The number of aryl methyl sites for hydroxylation is 1. The zero-order valence-electron chi connectivity index (χ0n) is 13.7. The van der Waals surface area contributed by atoms with E-state index in [1.54, 1.807) is 7.11 Å². The van der Waals surface area contributed by atoms with Gasteiger partial charge in [-0.3, -0.25) is 4.79 Å². The molecule has 1 aromatic carbocycles. The highest BCUT2D eigenvalue weighted by Gasteiger charge is 2.04. The Morgan fingerprint density at radius 2 is 2.05 bits per heavy atom. The van der Waals surface area contributed by atoms with E-state index in [1.165, 1.54) is 0 Å². The van der Waals surface area contributed by atoms with Crippen LogP contribution in [0.2, 0.25) is 0 Å². The molecule has 0 saturated heterocycles. The number of nitrogen functional groups attached to an aromatic ring is 1. The summed E-state index contributed by atoms with van der Waals surface area (Å²) in [6.45, 7) is 4.31. The molecule has 0 bridgehead atoms. The third-order valence-corrected chi connectivity index (χ3v) is 3.36. The van der Waals surface area contributed by atoms with Crippen LogP contribution in [0.3, 0.4) is 0 Å². The van der Waals surface area contributed by atoms with Gasteiger partial charge in [0.05, 0.1) is 12.8 Å². The summed E-state index contributed by atoms with van der Waals surface area (Å²) in [4.78, 5) is 11.8. The molecule has 0 heterocycles. The molecule has 0 spiro atoms. The van der Waals surface area contributed by atoms with Crippen LogP contribution in [0.15, 0.2) is 18.2 Å². The Hall–Kier alpha value is -1.75. The van der Waals surface area contributed by atoms with Crippen molar-refractivity contribution in [2.45, 2.75) is 39.0 Å². The second-order valence-electron chi connectivity index (χ2n) is 5.25. The Labute approximate surface area is 133 Å². The van der Waals surface area contributed by atoms with Crippen LogP contribution in [0.4, 0.5) is 5.69 Å². The van der Waals surface area contributed by atoms with Gasteiger partial charge in [-0.15, -0.1) is 0 Å². The zero-order valence-corrected chi connectivity index (χ0v) is 13.7. The number of benzene rings is 1. The summed E-state index contributed by atoms with van der Waals surface area (Å²) in [5.74, 6) is 0.722. The Morgan fingerprint density at radius 1 is 1.27 bits per heavy atom. The molecular formula is C17H28N2O3. The van der Waals surface area contributed by atoms with Gasteiger partial charge < -0.3 is 20.5 Å². The molecule has 1 aromatic rings. The van der Waals surface area contributed by atoms with E-state index in [0.29, 0.717) is 37.4 Å². The molecule has 0 atom stereocenters. The number of ether oxygens (including phenoxy) is 2. The quantitative estimate of drug-likeness (QED) is 0.487. The Balaban J connectivity index is 2.14. The first-order chi connectivity index (χ1) is 10.7. The van der Waals surface area contributed by atoms with Gasteiger partial charge in [-0.2, -0.15) is 0 Å². The van der Waals surface area contributed by atoms with Gasteiger partial charge in [-0.05, 0) is 37.0 Å². The first-order valence-corrected chi connectivity index (χ1v) is 7.94. The number of rotatable bonds is 11. The number of carbonyl (C=O) groups excluding carboxylic acids is 1. The number of hydrogen-bond donors (Lipinski definition) is 2. The van der Waals surface area contributed by atoms with E-state index in [4.69, 9.17) is 15.2 Å². The fourth-order valence-corrected chi connectivity index (χ4v) is 2.04. The minimum atomic E-state index is 0.0583. The van der Waals surface area contributed by atoms with Gasteiger partial charge in [-0.25, -0.2) is 0 Å². The van der Waals surface area contributed by atoms with Crippen molar-refractivity contribution in [3.63, 3.8) is 0 Å². The first-order valence-electron chi connectivity index (χ1n) is 7.94. The van der Waals surface area contributed by atoms with E-state index in [0.717, 1.165) is 31.4 Å². The van der Waals surface area contributed by atoms with Gasteiger partial charge in [0, 0.05) is 26.2 Å². The Morgan fingerprint density at radius 3 is 2.73 bits per heavy atom. The van der Waals surface area contributed by atoms with Crippen LogP contribution in [0.1, 0.15) is 38.2 Å². The van der Waals surface area contributed by atoms with Gasteiger partial charge in [-0.1, -0.05) is 19.4 Å². The van der Waals surface area contributed by atoms with Gasteiger partial charge in [0.2, 0.25) is 5.91 Å². The van der Waals surface area contributed by atoms with E-state index in [9.17, 15) is 4.79 Å². The monoisotopic (exact) mass is 308 g/mol. The van der Waals surface area contributed by atoms with E-state index in [1.807, 2.05) is 18.2 Å². The lowest BCUT2D eigenvalue weighted by Crippen LogP contribution is -2.25. The van der Waals surface area contributed by atoms with Crippen LogP contribution in [0.25, 0.3) is 0 Å². The number of nitrogens with one attached hydrogen (secondary N) is 1. The summed E-state index contributed by atoms with van der Waals surface area (Å²) in [5, 5.41) is 2.91. The minimum Gasteiger partial charge on any atom is -0.495 e. The molecule has 0 aliphatic rings. The maximum atomic E-state index is 11.8. The van der Waals surface area contributed by atoms with Gasteiger partial charge >= 0.3 is 0 Å². The number of unbranched alkanes of at least 4 members (excludes halogenated alkanes) is 1. The summed E-state index contributed by atoms with van der Waals surface area (Å²) in [6.07, 6.45) is 4.23. The largest absolute Gasteiger partial charge is 0.495 e. The maximum Gasteiger partial charge on any atom is 0.220 e. The third kappa shape index (κ3) is 7.31. The summed E-state index contributed by atoms with van der Waals surface area (Å²) >= 11 is 0. The molecule has 0 radical (unpaired) electrons. The van der Waals surface area contributed by atoms with Crippen LogP contribution >= 0.6 is 0 Å². The molecular weight excluding hydrogens is 280 g/mol. The molecule has 0 aliphatic carbocycles. The fourth-order valence-electron chi connectivity index (χ4n) is 2.04. The standard InChI is InChI=1S/C17H28N2O3/c1-3-4-11-22-12-5-10-19-17(20)9-7-14-6-8-16(21-2)15(18)13-14/h6,8,13H,3-5,7,9-12,18H2,1-2H3,(H,19,20). The molecule has 5 heteroatoms. The number of anilines is 1. The van der Waals surface area contributed by atoms with Crippen molar-refractivity contribution in [2.24, 2.45) is 0 Å². The SMILES string of the molecule is CCCCOCCCNC(=O)CCc1ccc(OC)c(N)c1. The van der Waals surface area contributed by atoms with Crippen LogP contribution in [0.5, 0.6) is 5.75 Å². The summed E-state index contributed by atoms with van der Waals surface area (Å²) in [5.41, 5.74) is 7.49. The predicted octanol–water partition coefficient (Wildman–Crippen LogP) is 2.53. The van der Waals surface area contributed by atoms with Crippen molar-refractivity contribution in [3.05, 3.63) is 23.8 Å². The van der Waals surface area contributed by atoms with Crippen molar-refractivity contribution in [1.29, 1.82) is 0 Å². The number of carbonyl (C=O) groups is 1. The normalized spacial score (nSPS) is 10.5. The van der Waals surface area contributed by atoms with Gasteiger partial charge in [0.25, 0.3) is 0 Å². The highest BCUT2D eigenvalue weighted by atomic mass is 16.5. The van der Waals surface area contributed by atoms with Gasteiger partial charge in [0.15, 0.2) is 0 Å². The highest BCUT2D eigenvalue weighted by Crippen LogP contribution is 2.22. The number of nitrogens with two attached hydrogens (primary N) is 1. The molecule has 0 unspecified atom stereocenters. The van der Waals surface area contributed by atoms with Gasteiger partial charge in [0.1, 0.15) is 5.75 Å². The smallest absolute Gasteiger partial charge is 0.220 e. The van der Waals surface area contributed by atoms with Crippen LogP contribution in [0, 0.1) is 0 Å². The average Bonchev–Trinajstić information content (AvgIpc) is 2.52. The van der Waals surface area contributed by atoms with Crippen molar-refractivity contribution < 1.29 is 14.3 Å². The summed E-state index contributed by atoms with van der Waals surface area (Å²) in [6, 6.07) is 5.62. The third-order valence-electron chi connectivity index (χ3n) is 3.36. The van der Waals surface area contributed by atoms with E-state index >= 15 is 0 Å². The van der Waals surface area contributed by atoms with E-state index in [-0.39, 0.29) is 5.91 Å². The molecule has 124 valence electrons. The topological polar surface area (TPSA) is 73.6 Å². The molecule has 0 aromatic heterocycles. The maximum absolute atomic E-state index is 11.8. The summed E-state index contributed by atoms with van der Waals surface area (Å²) in [7, 11) is 1.59. The van der Waals surface area contributed by atoms with Crippen molar-refractivity contribution in [1.82, 2.24) is 5.32 Å². The fraction of sp³-hybridized carbons (Fsp3) is 0.588. The first kappa shape index (κ1) is 18.3.